The van der Waals surface area contributed by atoms with Crippen LogP contribution in [-0.4, -0.2) is 5.78 Å². The van der Waals surface area contributed by atoms with E-state index in [1.165, 1.54) is 6.07 Å². The Morgan fingerprint density at radius 3 is 2.64 bits per heavy atom. The maximum atomic E-state index is 13.3. The first-order chi connectivity index (χ1) is 6.52. The van der Waals surface area contributed by atoms with Crippen LogP contribution in [-0.2, 0) is 0 Å². The van der Waals surface area contributed by atoms with Crippen LogP contribution in [0.5, 0.6) is 0 Å². The van der Waals surface area contributed by atoms with Gasteiger partial charge in [0.15, 0.2) is 5.78 Å². The van der Waals surface area contributed by atoms with E-state index in [0.29, 0.717) is 10.9 Å². The molecule has 0 N–H and O–H groups in total. The number of rotatable bonds is 3. The van der Waals surface area contributed by atoms with Gasteiger partial charge in [-0.1, -0.05) is 19.9 Å². The van der Waals surface area contributed by atoms with Crippen LogP contribution >= 0.6 is 15.9 Å². The lowest BCUT2D eigenvalue weighted by molar-refractivity contribution is 0.0963. The molecular formula is C11H12BrFO. The van der Waals surface area contributed by atoms with Crippen molar-refractivity contribution >= 4 is 21.7 Å². The van der Waals surface area contributed by atoms with Crippen molar-refractivity contribution in [2.45, 2.75) is 20.3 Å². The Kier molecular flexibility index (Phi) is 3.81. The maximum Gasteiger partial charge on any atom is 0.167 e. The predicted octanol–water partition coefficient (Wildman–Crippen LogP) is 3.82. The van der Waals surface area contributed by atoms with Gasteiger partial charge in [-0.3, -0.25) is 4.79 Å². The molecule has 0 saturated carbocycles. The lowest BCUT2D eigenvalue weighted by Gasteiger charge is -2.06. The van der Waals surface area contributed by atoms with Crippen LogP contribution in [0.4, 0.5) is 4.39 Å². The summed E-state index contributed by atoms with van der Waals surface area (Å²) in [5, 5.41) is 0. The molecule has 14 heavy (non-hydrogen) atoms. The molecule has 0 aliphatic carbocycles. The third-order valence-corrected chi connectivity index (χ3v) is 2.50. The fraction of sp³-hybridized carbons (Fsp3) is 0.364. The number of carbonyl (C=O) groups excluding carboxylic acids is 1. The molecule has 0 unspecified atom stereocenters. The molecular weight excluding hydrogens is 247 g/mol. The molecule has 1 rings (SSSR count). The number of benzene rings is 1. The van der Waals surface area contributed by atoms with Gasteiger partial charge < -0.3 is 0 Å². The first-order valence-corrected chi connectivity index (χ1v) is 5.29. The van der Waals surface area contributed by atoms with Crippen LogP contribution in [0.3, 0.4) is 0 Å². The molecule has 0 heterocycles. The van der Waals surface area contributed by atoms with Crippen LogP contribution in [0.15, 0.2) is 22.7 Å². The summed E-state index contributed by atoms with van der Waals surface area (Å²) in [5.74, 6) is -0.357. The molecule has 3 heteroatoms. The predicted molar refractivity (Wildman–Crippen MR) is 57.9 cm³/mol. The van der Waals surface area contributed by atoms with E-state index in [4.69, 9.17) is 0 Å². The molecule has 0 radical (unpaired) electrons. The monoisotopic (exact) mass is 258 g/mol. The van der Waals surface area contributed by atoms with E-state index in [1.807, 2.05) is 13.8 Å². The van der Waals surface area contributed by atoms with E-state index in [0.717, 1.165) is 0 Å². The smallest absolute Gasteiger partial charge is 0.167 e. The van der Waals surface area contributed by atoms with Gasteiger partial charge in [-0.25, -0.2) is 4.39 Å². The molecule has 0 aliphatic heterocycles. The Hall–Kier alpha value is -0.700. The van der Waals surface area contributed by atoms with Gasteiger partial charge in [0.25, 0.3) is 0 Å². The van der Waals surface area contributed by atoms with E-state index in [2.05, 4.69) is 15.9 Å². The molecule has 0 aromatic heterocycles. The van der Waals surface area contributed by atoms with Crippen molar-refractivity contribution in [1.82, 2.24) is 0 Å². The second-order valence-corrected chi connectivity index (χ2v) is 4.47. The highest BCUT2D eigenvalue weighted by Gasteiger charge is 2.15. The summed E-state index contributed by atoms with van der Waals surface area (Å²) in [6.45, 7) is 3.87. The highest BCUT2D eigenvalue weighted by molar-refractivity contribution is 9.10. The van der Waals surface area contributed by atoms with Crippen molar-refractivity contribution in [3.63, 3.8) is 0 Å². The van der Waals surface area contributed by atoms with Crippen molar-refractivity contribution in [3.8, 4) is 0 Å². The number of carbonyl (C=O) groups is 1. The second kappa shape index (κ2) is 4.69. The van der Waals surface area contributed by atoms with Crippen molar-refractivity contribution < 1.29 is 9.18 Å². The summed E-state index contributed by atoms with van der Waals surface area (Å²) >= 11 is 3.18. The van der Waals surface area contributed by atoms with E-state index in [9.17, 15) is 9.18 Å². The molecule has 0 spiro atoms. The minimum absolute atomic E-state index is 0.148. The number of hydrogen-bond acceptors (Lipinski definition) is 1. The quantitative estimate of drug-likeness (QED) is 0.754. The number of Topliss-reactive ketones (excluding diaryl/α,β-unsaturated/α-hetero) is 1. The zero-order chi connectivity index (χ0) is 10.7. The van der Waals surface area contributed by atoms with Gasteiger partial charge in [0, 0.05) is 10.9 Å². The van der Waals surface area contributed by atoms with E-state index < -0.39 is 5.82 Å². The normalized spacial score (nSPS) is 10.6. The van der Waals surface area contributed by atoms with Gasteiger partial charge in [-0.05, 0) is 34.0 Å². The van der Waals surface area contributed by atoms with Gasteiger partial charge >= 0.3 is 0 Å². The summed E-state index contributed by atoms with van der Waals surface area (Å²) in [6.07, 6.45) is 0.375. The largest absolute Gasteiger partial charge is 0.294 e. The molecule has 1 aromatic rings. The lowest BCUT2D eigenvalue weighted by atomic mass is 10.0. The molecule has 1 nitrogen and oxygen atoms in total. The van der Waals surface area contributed by atoms with Crippen molar-refractivity contribution in [2.75, 3.05) is 0 Å². The van der Waals surface area contributed by atoms with Crippen LogP contribution in [0.25, 0.3) is 0 Å². The van der Waals surface area contributed by atoms with Crippen LogP contribution < -0.4 is 0 Å². The fourth-order valence-electron chi connectivity index (χ4n) is 1.24. The SMILES string of the molecule is CC(C)CC(=O)c1c(F)cccc1Br. The molecule has 0 atom stereocenters. The molecule has 0 bridgehead atoms. The third kappa shape index (κ3) is 2.64. The van der Waals surface area contributed by atoms with Gasteiger partial charge in [-0.2, -0.15) is 0 Å². The summed E-state index contributed by atoms with van der Waals surface area (Å²) in [6, 6.07) is 4.56. The number of hydrogen-bond donors (Lipinski definition) is 0. The van der Waals surface area contributed by atoms with Crippen molar-refractivity contribution in [2.24, 2.45) is 5.92 Å². The van der Waals surface area contributed by atoms with E-state index in [1.54, 1.807) is 12.1 Å². The van der Waals surface area contributed by atoms with Crippen LogP contribution in [0, 0.1) is 11.7 Å². The highest BCUT2D eigenvalue weighted by atomic mass is 79.9. The Morgan fingerprint density at radius 1 is 1.50 bits per heavy atom. The average Bonchev–Trinajstić information content (AvgIpc) is 2.01. The molecule has 1 aromatic carbocycles. The maximum absolute atomic E-state index is 13.3. The third-order valence-electron chi connectivity index (χ3n) is 1.84. The Balaban J connectivity index is 3.00. The van der Waals surface area contributed by atoms with E-state index >= 15 is 0 Å². The average molecular weight is 259 g/mol. The number of ketones is 1. The standard InChI is InChI=1S/C11H12BrFO/c1-7(2)6-10(14)11-8(12)4-3-5-9(11)13/h3-5,7H,6H2,1-2H3. The molecule has 0 aliphatic rings. The first-order valence-electron chi connectivity index (χ1n) is 4.49. The first kappa shape index (κ1) is 11.4. The molecule has 76 valence electrons. The molecule has 0 amide bonds. The lowest BCUT2D eigenvalue weighted by Crippen LogP contribution is -2.06. The zero-order valence-corrected chi connectivity index (χ0v) is 9.77. The Bertz CT molecular complexity index is 327. The van der Waals surface area contributed by atoms with E-state index in [-0.39, 0.29) is 17.3 Å². The summed E-state index contributed by atoms with van der Waals surface area (Å²) in [4.78, 5) is 11.6. The fourth-order valence-corrected chi connectivity index (χ4v) is 1.80. The highest BCUT2D eigenvalue weighted by Crippen LogP contribution is 2.22. The Morgan fingerprint density at radius 2 is 2.14 bits per heavy atom. The van der Waals surface area contributed by atoms with Gasteiger partial charge in [0.2, 0.25) is 0 Å². The summed E-state index contributed by atoms with van der Waals surface area (Å²) in [7, 11) is 0. The molecule has 0 saturated heterocycles. The van der Waals surface area contributed by atoms with Gasteiger partial charge in [0.1, 0.15) is 5.82 Å². The topological polar surface area (TPSA) is 17.1 Å². The zero-order valence-electron chi connectivity index (χ0n) is 8.18. The van der Waals surface area contributed by atoms with Crippen LogP contribution in [0.1, 0.15) is 30.6 Å². The van der Waals surface area contributed by atoms with Crippen LogP contribution in [0.2, 0.25) is 0 Å². The van der Waals surface area contributed by atoms with Gasteiger partial charge in [0.05, 0.1) is 5.56 Å². The number of halogens is 2. The minimum atomic E-state index is -0.454. The minimum Gasteiger partial charge on any atom is -0.294 e. The van der Waals surface area contributed by atoms with Crippen molar-refractivity contribution in [1.29, 1.82) is 0 Å². The molecule has 0 fully saturated rings. The van der Waals surface area contributed by atoms with Crippen molar-refractivity contribution in [3.05, 3.63) is 34.1 Å². The summed E-state index contributed by atoms with van der Waals surface area (Å²) < 4.78 is 13.8. The Labute approximate surface area is 91.5 Å². The van der Waals surface area contributed by atoms with Gasteiger partial charge in [-0.15, -0.1) is 0 Å². The second-order valence-electron chi connectivity index (χ2n) is 3.62. The summed E-state index contributed by atoms with van der Waals surface area (Å²) in [5.41, 5.74) is 0.168.